The Morgan fingerprint density at radius 2 is 2.05 bits per heavy atom. The summed E-state index contributed by atoms with van der Waals surface area (Å²) in [6.45, 7) is 6.18. The highest BCUT2D eigenvalue weighted by Gasteiger charge is 2.09. The minimum absolute atomic E-state index is 0.105. The van der Waals surface area contributed by atoms with Gasteiger partial charge in [-0.3, -0.25) is 4.79 Å². The number of fused-ring (bicyclic) bond motifs is 1. The zero-order chi connectivity index (χ0) is 14.4. The van der Waals surface area contributed by atoms with Crippen molar-refractivity contribution in [3.63, 3.8) is 0 Å². The molecule has 2 aromatic rings. The Morgan fingerprint density at radius 1 is 1.25 bits per heavy atom. The van der Waals surface area contributed by atoms with E-state index in [0.29, 0.717) is 13.0 Å². The number of hydrogen-bond acceptors (Lipinski definition) is 3. The molecule has 0 spiro atoms. The topological polar surface area (TPSA) is 54.3 Å². The van der Waals surface area contributed by atoms with Crippen LogP contribution in [0.4, 0.5) is 0 Å². The largest absolute Gasteiger partial charge is 0.461 e. The molecule has 20 heavy (non-hydrogen) atoms. The molecule has 1 heterocycles. The standard InChI is InChI=1S/C16H22N2O2/c1-3-9-18-16(19)8-10-17-11-14-12(2)20-15-7-5-4-6-13(14)15/h4-7,17H,3,8-11H2,1-2H3,(H,18,19). The fourth-order valence-corrected chi connectivity index (χ4v) is 2.21. The van der Waals surface area contributed by atoms with E-state index in [1.54, 1.807) is 0 Å². The molecule has 0 fully saturated rings. The molecule has 4 nitrogen and oxygen atoms in total. The summed E-state index contributed by atoms with van der Waals surface area (Å²) in [7, 11) is 0. The minimum Gasteiger partial charge on any atom is -0.461 e. The summed E-state index contributed by atoms with van der Waals surface area (Å²) < 4.78 is 5.71. The van der Waals surface area contributed by atoms with Crippen LogP contribution in [0.2, 0.25) is 0 Å². The predicted octanol–water partition coefficient (Wildman–Crippen LogP) is 2.75. The maximum absolute atomic E-state index is 11.5. The van der Waals surface area contributed by atoms with Gasteiger partial charge in [-0.05, 0) is 19.4 Å². The summed E-state index contributed by atoms with van der Waals surface area (Å²) in [4.78, 5) is 11.5. The number of carbonyl (C=O) groups excluding carboxylic acids is 1. The minimum atomic E-state index is 0.105. The third kappa shape index (κ3) is 3.61. The average Bonchev–Trinajstić information content (AvgIpc) is 2.77. The Kier molecular flexibility index (Phi) is 5.18. The van der Waals surface area contributed by atoms with Crippen molar-refractivity contribution < 1.29 is 9.21 Å². The van der Waals surface area contributed by atoms with E-state index in [0.717, 1.165) is 36.2 Å². The fraction of sp³-hybridized carbons (Fsp3) is 0.438. The Bertz CT molecular complexity index is 575. The van der Waals surface area contributed by atoms with Gasteiger partial charge >= 0.3 is 0 Å². The highest BCUT2D eigenvalue weighted by atomic mass is 16.3. The summed E-state index contributed by atoms with van der Waals surface area (Å²) in [6.07, 6.45) is 1.48. The Hall–Kier alpha value is -1.81. The molecule has 0 saturated heterocycles. The molecule has 2 rings (SSSR count). The van der Waals surface area contributed by atoms with Gasteiger partial charge in [0.2, 0.25) is 5.91 Å². The third-order valence-corrected chi connectivity index (χ3v) is 3.30. The van der Waals surface area contributed by atoms with Gasteiger partial charge in [0.1, 0.15) is 11.3 Å². The Labute approximate surface area is 119 Å². The lowest BCUT2D eigenvalue weighted by Gasteiger charge is -2.05. The van der Waals surface area contributed by atoms with Crippen molar-refractivity contribution in [3.8, 4) is 0 Å². The maximum atomic E-state index is 11.5. The molecule has 2 N–H and O–H groups in total. The molecule has 0 atom stereocenters. The van der Waals surface area contributed by atoms with Crippen LogP contribution in [0, 0.1) is 6.92 Å². The number of carbonyl (C=O) groups is 1. The smallest absolute Gasteiger partial charge is 0.221 e. The van der Waals surface area contributed by atoms with Gasteiger partial charge in [-0.25, -0.2) is 0 Å². The van der Waals surface area contributed by atoms with Gasteiger partial charge in [-0.1, -0.05) is 25.1 Å². The van der Waals surface area contributed by atoms with Crippen molar-refractivity contribution in [2.24, 2.45) is 0 Å². The van der Waals surface area contributed by atoms with E-state index in [-0.39, 0.29) is 5.91 Å². The first kappa shape index (κ1) is 14.6. The van der Waals surface area contributed by atoms with Crippen LogP contribution in [-0.2, 0) is 11.3 Å². The number of hydrogen-bond donors (Lipinski definition) is 2. The second-order valence-electron chi connectivity index (χ2n) is 4.91. The van der Waals surface area contributed by atoms with Crippen molar-refractivity contribution in [1.29, 1.82) is 0 Å². The van der Waals surface area contributed by atoms with Crippen molar-refractivity contribution in [1.82, 2.24) is 10.6 Å². The number of rotatable bonds is 7. The highest BCUT2D eigenvalue weighted by Crippen LogP contribution is 2.24. The molecule has 108 valence electrons. The van der Waals surface area contributed by atoms with E-state index in [9.17, 15) is 4.79 Å². The molecular weight excluding hydrogens is 252 g/mol. The molecule has 0 aliphatic carbocycles. The van der Waals surface area contributed by atoms with Crippen molar-refractivity contribution in [2.75, 3.05) is 13.1 Å². The van der Waals surface area contributed by atoms with Crippen LogP contribution in [0.1, 0.15) is 31.1 Å². The molecular formula is C16H22N2O2. The molecule has 4 heteroatoms. The van der Waals surface area contributed by atoms with Crippen molar-refractivity contribution >= 4 is 16.9 Å². The first-order valence-electron chi connectivity index (χ1n) is 7.16. The SMILES string of the molecule is CCCNC(=O)CCNCc1c(C)oc2ccccc12. The number of nitrogens with one attached hydrogen (secondary N) is 2. The second-order valence-corrected chi connectivity index (χ2v) is 4.91. The van der Waals surface area contributed by atoms with Gasteiger partial charge in [0.15, 0.2) is 0 Å². The Morgan fingerprint density at radius 3 is 2.85 bits per heavy atom. The maximum Gasteiger partial charge on any atom is 0.221 e. The zero-order valence-corrected chi connectivity index (χ0v) is 12.2. The highest BCUT2D eigenvalue weighted by molar-refractivity contribution is 5.82. The van der Waals surface area contributed by atoms with Gasteiger partial charge < -0.3 is 15.1 Å². The van der Waals surface area contributed by atoms with E-state index >= 15 is 0 Å². The molecule has 0 radical (unpaired) electrons. The van der Waals surface area contributed by atoms with Crippen molar-refractivity contribution in [2.45, 2.75) is 33.2 Å². The van der Waals surface area contributed by atoms with Crippen LogP contribution in [0.5, 0.6) is 0 Å². The van der Waals surface area contributed by atoms with Crippen LogP contribution < -0.4 is 10.6 Å². The first-order valence-corrected chi connectivity index (χ1v) is 7.16. The summed E-state index contributed by atoms with van der Waals surface area (Å²) in [6, 6.07) is 8.03. The lowest BCUT2D eigenvalue weighted by atomic mass is 10.1. The van der Waals surface area contributed by atoms with Crippen LogP contribution in [0.3, 0.4) is 0 Å². The van der Waals surface area contributed by atoms with Crippen molar-refractivity contribution in [3.05, 3.63) is 35.6 Å². The molecule has 0 bridgehead atoms. The number of furan rings is 1. The number of benzene rings is 1. The van der Waals surface area contributed by atoms with Gasteiger partial charge in [0, 0.05) is 37.0 Å². The lowest BCUT2D eigenvalue weighted by Crippen LogP contribution is -2.28. The van der Waals surface area contributed by atoms with Gasteiger partial charge in [0.25, 0.3) is 0 Å². The predicted molar refractivity (Wildman–Crippen MR) is 80.6 cm³/mol. The second kappa shape index (κ2) is 7.10. The molecule has 1 aromatic carbocycles. The van der Waals surface area contributed by atoms with Crippen LogP contribution in [-0.4, -0.2) is 19.0 Å². The summed E-state index contributed by atoms with van der Waals surface area (Å²) in [5.74, 6) is 1.04. The van der Waals surface area contributed by atoms with Gasteiger partial charge in [-0.15, -0.1) is 0 Å². The first-order chi connectivity index (χ1) is 9.72. The summed E-state index contributed by atoms with van der Waals surface area (Å²) in [5, 5.41) is 7.32. The normalized spacial score (nSPS) is 10.9. The number of para-hydroxylation sites is 1. The van der Waals surface area contributed by atoms with Crippen LogP contribution in [0.15, 0.2) is 28.7 Å². The van der Waals surface area contributed by atoms with Gasteiger partial charge in [-0.2, -0.15) is 0 Å². The monoisotopic (exact) mass is 274 g/mol. The molecule has 0 unspecified atom stereocenters. The van der Waals surface area contributed by atoms with Gasteiger partial charge in [0.05, 0.1) is 0 Å². The molecule has 0 aliphatic rings. The van der Waals surface area contributed by atoms with Crippen LogP contribution in [0.25, 0.3) is 11.0 Å². The fourth-order valence-electron chi connectivity index (χ4n) is 2.21. The van der Waals surface area contributed by atoms with E-state index in [2.05, 4.69) is 16.7 Å². The third-order valence-electron chi connectivity index (χ3n) is 3.30. The number of amides is 1. The quantitative estimate of drug-likeness (QED) is 0.763. The van der Waals surface area contributed by atoms with E-state index < -0.39 is 0 Å². The average molecular weight is 274 g/mol. The van der Waals surface area contributed by atoms with E-state index in [1.807, 2.05) is 32.0 Å². The zero-order valence-electron chi connectivity index (χ0n) is 12.2. The number of aryl methyl sites for hydroxylation is 1. The molecule has 0 saturated carbocycles. The summed E-state index contributed by atoms with van der Waals surface area (Å²) >= 11 is 0. The molecule has 1 aromatic heterocycles. The molecule has 1 amide bonds. The molecule has 0 aliphatic heterocycles. The van der Waals surface area contributed by atoms with E-state index in [1.165, 1.54) is 5.56 Å². The van der Waals surface area contributed by atoms with E-state index in [4.69, 9.17) is 4.42 Å². The van der Waals surface area contributed by atoms with Crippen LogP contribution >= 0.6 is 0 Å². The summed E-state index contributed by atoms with van der Waals surface area (Å²) in [5.41, 5.74) is 2.09. The Balaban J connectivity index is 1.84. The lowest BCUT2D eigenvalue weighted by molar-refractivity contribution is -0.120.